The Balaban J connectivity index is 3.29. The van der Waals surface area contributed by atoms with E-state index in [0.717, 1.165) is 12.5 Å². The first kappa shape index (κ1) is 18.5. The van der Waals surface area contributed by atoms with Gasteiger partial charge in [-0.1, -0.05) is 55.1 Å². The molecule has 1 rings (SSSR count). The molecule has 0 aromatic heterocycles. The van der Waals surface area contributed by atoms with E-state index >= 15 is 0 Å². The van der Waals surface area contributed by atoms with E-state index in [9.17, 15) is 13.2 Å². The van der Waals surface area contributed by atoms with Crippen LogP contribution in [0.1, 0.15) is 30.6 Å². The van der Waals surface area contributed by atoms with Crippen LogP contribution in [0.3, 0.4) is 0 Å². The van der Waals surface area contributed by atoms with Gasteiger partial charge < -0.3 is 5.32 Å². The summed E-state index contributed by atoms with van der Waals surface area (Å²) >= 11 is 17.7. The maximum absolute atomic E-state index is 12.2. The molecule has 0 fully saturated rings. The Bertz CT molecular complexity index is 662. The largest absolute Gasteiger partial charge is 0.352 e. The van der Waals surface area contributed by atoms with Crippen LogP contribution >= 0.6 is 34.8 Å². The predicted molar refractivity (Wildman–Crippen MR) is 84.6 cm³/mol. The first-order valence-electron chi connectivity index (χ1n) is 6.08. The Labute approximate surface area is 138 Å². The van der Waals surface area contributed by atoms with Gasteiger partial charge in [-0.15, -0.1) is 0 Å². The topological polar surface area (TPSA) is 89.3 Å². The molecule has 0 bridgehead atoms. The van der Waals surface area contributed by atoms with Crippen molar-refractivity contribution >= 4 is 50.7 Å². The van der Waals surface area contributed by atoms with E-state index in [0.29, 0.717) is 6.54 Å². The molecule has 3 N–H and O–H groups in total. The maximum Gasteiger partial charge on any atom is 0.254 e. The van der Waals surface area contributed by atoms with Gasteiger partial charge in [-0.3, -0.25) is 4.79 Å². The molecule has 0 saturated carbocycles. The van der Waals surface area contributed by atoms with Crippen molar-refractivity contribution in [1.82, 2.24) is 5.32 Å². The van der Waals surface area contributed by atoms with E-state index in [-0.39, 0.29) is 26.5 Å². The zero-order chi connectivity index (χ0) is 16.4. The quantitative estimate of drug-likeness (QED) is 0.777. The highest BCUT2D eigenvalue weighted by molar-refractivity contribution is 7.89. The third-order valence-electron chi connectivity index (χ3n) is 2.96. The average molecular weight is 374 g/mol. The van der Waals surface area contributed by atoms with Crippen molar-refractivity contribution in [2.24, 2.45) is 11.1 Å². The van der Waals surface area contributed by atoms with Crippen LogP contribution < -0.4 is 10.5 Å². The summed E-state index contributed by atoms with van der Waals surface area (Å²) in [7, 11) is -4.12. The molecule has 9 heteroatoms. The van der Waals surface area contributed by atoms with Crippen molar-refractivity contribution in [3.63, 3.8) is 0 Å². The van der Waals surface area contributed by atoms with Crippen LogP contribution in [-0.4, -0.2) is 20.9 Å². The summed E-state index contributed by atoms with van der Waals surface area (Å²) in [6.07, 6.45) is 0.875. The maximum atomic E-state index is 12.2. The van der Waals surface area contributed by atoms with Crippen molar-refractivity contribution in [2.75, 3.05) is 6.54 Å². The monoisotopic (exact) mass is 372 g/mol. The van der Waals surface area contributed by atoms with Gasteiger partial charge >= 0.3 is 0 Å². The van der Waals surface area contributed by atoms with Crippen molar-refractivity contribution in [3.05, 3.63) is 26.7 Å². The fourth-order valence-corrected chi connectivity index (χ4v) is 3.23. The van der Waals surface area contributed by atoms with E-state index in [1.165, 1.54) is 0 Å². The van der Waals surface area contributed by atoms with Gasteiger partial charge in [0.1, 0.15) is 4.90 Å². The minimum atomic E-state index is -4.12. The van der Waals surface area contributed by atoms with Crippen LogP contribution in [0.15, 0.2) is 11.0 Å². The molecule has 1 aromatic carbocycles. The van der Waals surface area contributed by atoms with Gasteiger partial charge in [-0.2, -0.15) is 0 Å². The van der Waals surface area contributed by atoms with Crippen LogP contribution in [0, 0.1) is 5.92 Å². The van der Waals surface area contributed by atoms with Gasteiger partial charge in [0.2, 0.25) is 10.0 Å². The fraction of sp³-hybridized carbons (Fsp3) is 0.417. The molecule has 0 saturated heterocycles. The Morgan fingerprint density at radius 1 is 1.33 bits per heavy atom. The highest BCUT2D eigenvalue weighted by Crippen LogP contribution is 2.36. The number of hydrogen-bond donors (Lipinski definition) is 2. The summed E-state index contributed by atoms with van der Waals surface area (Å²) < 4.78 is 22.9. The lowest BCUT2D eigenvalue weighted by Gasteiger charge is -2.14. The predicted octanol–water partition coefficient (Wildman–Crippen LogP) is 3.07. The minimum absolute atomic E-state index is 0.112. The molecule has 1 unspecified atom stereocenters. The fourth-order valence-electron chi connectivity index (χ4n) is 1.49. The molecular weight excluding hydrogens is 359 g/mol. The molecule has 1 aromatic rings. The summed E-state index contributed by atoms with van der Waals surface area (Å²) in [5.41, 5.74) is -0.196. The molecule has 0 spiro atoms. The van der Waals surface area contributed by atoms with Crippen LogP contribution in [-0.2, 0) is 10.0 Å². The Hall–Kier alpha value is -0.530. The van der Waals surface area contributed by atoms with Gasteiger partial charge in [-0.25, -0.2) is 13.6 Å². The number of rotatable bonds is 5. The van der Waals surface area contributed by atoms with E-state index in [1.54, 1.807) is 0 Å². The number of carbonyl (C=O) groups excluding carboxylic acids is 1. The van der Waals surface area contributed by atoms with E-state index < -0.39 is 20.8 Å². The van der Waals surface area contributed by atoms with E-state index in [4.69, 9.17) is 39.9 Å². The van der Waals surface area contributed by atoms with Gasteiger partial charge in [-0.05, 0) is 12.0 Å². The van der Waals surface area contributed by atoms with Crippen LogP contribution in [0.4, 0.5) is 0 Å². The van der Waals surface area contributed by atoms with Crippen molar-refractivity contribution in [2.45, 2.75) is 25.2 Å². The van der Waals surface area contributed by atoms with Crippen molar-refractivity contribution < 1.29 is 13.2 Å². The number of hydrogen-bond acceptors (Lipinski definition) is 3. The Morgan fingerprint density at radius 3 is 2.38 bits per heavy atom. The molecule has 0 aliphatic heterocycles. The zero-order valence-electron chi connectivity index (χ0n) is 11.4. The average Bonchev–Trinajstić information content (AvgIpc) is 2.38. The molecule has 1 atom stereocenters. The van der Waals surface area contributed by atoms with E-state index in [1.807, 2.05) is 13.8 Å². The third kappa shape index (κ3) is 4.47. The highest BCUT2D eigenvalue weighted by Gasteiger charge is 2.25. The number of halogens is 3. The standard InChI is InChI=1S/C12H15Cl3N2O3S/c1-3-6(2)5-17-12(18)9-10(14)7(13)4-8(11(9)15)21(16,19)20/h4,6H,3,5H2,1-2H3,(H,17,18)(H2,16,19,20). The molecule has 118 valence electrons. The molecule has 0 heterocycles. The summed E-state index contributed by atoms with van der Waals surface area (Å²) in [6, 6.07) is 1.02. The lowest BCUT2D eigenvalue weighted by Crippen LogP contribution is -2.29. The van der Waals surface area contributed by atoms with Gasteiger partial charge in [0.15, 0.2) is 0 Å². The number of carbonyl (C=O) groups is 1. The highest BCUT2D eigenvalue weighted by atomic mass is 35.5. The SMILES string of the molecule is CCC(C)CNC(=O)c1c(Cl)c(Cl)cc(S(N)(=O)=O)c1Cl. The normalized spacial score (nSPS) is 13.0. The van der Waals surface area contributed by atoms with Crippen molar-refractivity contribution in [3.8, 4) is 0 Å². The van der Waals surface area contributed by atoms with Crippen LogP contribution in [0.2, 0.25) is 15.1 Å². The van der Waals surface area contributed by atoms with Crippen LogP contribution in [0.5, 0.6) is 0 Å². The zero-order valence-corrected chi connectivity index (χ0v) is 14.5. The summed E-state index contributed by atoms with van der Waals surface area (Å²) in [4.78, 5) is 11.7. The third-order valence-corrected chi connectivity index (χ3v) is 5.19. The number of benzene rings is 1. The number of amides is 1. The first-order valence-corrected chi connectivity index (χ1v) is 8.76. The smallest absolute Gasteiger partial charge is 0.254 e. The molecule has 0 aliphatic carbocycles. The van der Waals surface area contributed by atoms with Crippen LogP contribution in [0.25, 0.3) is 0 Å². The minimum Gasteiger partial charge on any atom is -0.352 e. The van der Waals surface area contributed by atoms with E-state index in [2.05, 4.69) is 5.32 Å². The number of nitrogens with two attached hydrogens (primary N) is 1. The molecule has 1 amide bonds. The summed E-state index contributed by atoms with van der Waals surface area (Å²) in [6.45, 7) is 4.34. The summed E-state index contributed by atoms with van der Waals surface area (Å²) in [5.74, 6) is -0.346. The second-order valence-corrected chi connectivity index (χ2v) is 7.32. The lowest BCUT2D eigenvalue weighted by molar-refractivity contribution is 0.0948. The number of primary sulfonamides is 1. The summed E-state index contributed by atoms with van der Waals surface area (Å²) in [5, 5.41) is 7.11. The van der Waals surface area contributed by atoms with Gasteiger partial charge in [0, 0.05) is 6.54 Å². The molecular formula is C12H15Cl3N2O3S. The second kappa shape index (κ2) is 7.15. The Kier molecular flexibility index (Phi) is 6.31. The Morgan fingerprint density at radius 2 is 1.90 bits per heavy atom. The first-order chi connectivity index (χ1) is 9.59. The van der Waals surface area contributed by atoms with Gasteiger partial charge in [0.25, 0.3) is 5.91 Å². The molecule has 0 aliphatic rings. The molecule has 0 radical (unpaired) electrons. The molecule has 5 nitrogen and oxygen atoms in total. The van der Waals surface area contributed by atoms with Gasteiger partial charge in [0.05, 0.1) is 20.6 Å². The number of sulfonamides is 1. The molecule has 21 heavy (non-hydrogen) atoms. The second-order valence-electron chi connectivity index (χ2n) is 4.63. The van der Waals surface area contributed by atoms with Crippen molar-refractivity contribution in [1.29, 1.82) is 0 Å². The number of nitrogens with one attached hydrogen (secondary N) is 1. The lowest BCUT2D eigenvalue weighted by atomic mass is 10.1.